The molecule has 1 aromatic carbocycles. The highest BCUT2D eigenvalue weighted by Gasteiger charge is 2.44. The van der Waals surface area contributed by atoms with E-state index >= 15 is 0 Å². The van der Waals surface area contributed by atoms with Crippen LogP contribution in [0.3, 0.4) is 0 Å². The first-order valence-electron chi connectivity index (χ1n) is 10.3. The van der Waals surface area contributed by atoms with Gasteiger partial charge < -0.3 is 14.8 Å². The Hall–Kier alpha value is -2.71. The fourth-order valence-electron chi connectivity index (χ4n) is 4.42. The molecule has 9 heteroatoms. The molecule has 1 aliphatic carbocycles. The Morgan fingerprint density at radius 2 is 1.87 bits per heavy atom. The van der Waals surface area contributed by atoms with E-state index < -0.39 is 23.0 Å². The van der Waals surface area contributed by atoms with Gasteiger partial charge in [-0.2, -0.15) is 0 Å². The summed E-state index contributed by atoms with van der Waals surface area (Å²) in [7, 11) is 1.84. The Morgan fingerprint density at radius 3 is 2.48 bits per heavy atom. The van der Waals surface area contributed by atoms with E-state index in [-0.39, 0.29) is 36.0 Å². The summed E-state index contributed by atoms with van der Waals surface area (Å²) in [6, 6.07) is 8.32. The number of nitrogens with zero attached hydrogens (tertiary/aromatic N) is 2. The number of benzene rings is 1. The molecular formula is C22H26ClN3O5. The lowest BCUT2D eigenvalue weighted by atomic mass is 9.77. The van der Waals surface area contributed by atoms with Crippen molar-refractivity contribution in [2.75, 3.05) is 13.7 Å². The first-order valence-corrected chi connectivity index (χ1v) is 10.3. The van der Waals surface area contributed by atoms with Crippen LogP contribution in [0.15, 0.2) is 35.1 Å². The molecule has 0 spiro atoms. The molecule has 1 saturated carbocycles. The zero-order valence-corrected chi connectivity index (χ0v) is 18.4. The van der Waals surface area contributed by atoms with Crippen molar-refractivity contribution in [1.29, 1.82) is 0 Å². The highest BCUT2D eigenvalue weighted by Crippen LogP contribution is 2.42. The van der Waals surface area contributed by atoms with Gasteiger partial charge in [0.1, 0.15) is 5.82 Å². The fraction of sp³-hybridized carbons (Fsp3) is 0.455. The number of aromatic nitrogens is 2. The van der Waals surface area contributed by atoms with Gasteiger partial charge in [-0.3, -0.25) is 9.36 Å². The molecule has 31 heavy (non-hydrogen) atoms. The normalized spacial score (nSPS) is 21.4. The van der Waals surface area contributed by atoms with Gasteiger partial charge in [0.15, 0.2) is 5.69 Å². The second-order valence-electron chi connectivity index (χ2n) is 7.78. The van der Waals surface area contributed by atoms with E-state index in [1.54, 1.807) is 41.8 Å². The van der Waals surface area contributed by atoms with Crippen LogP contribution in [0.5, 0.6) is 5.75 Å². The lowest BCUT2D eigenvalue weighted by Gasteiger charge is -2.36. The van der Waals surface area contributed by atoms with Crippen molar-refractivity contribution in [3.05, 3.63) is 57.8 Å². The topological polar surface area (TPSA) is 99.5 Å². The highest BCUT2D eigenvalue weighted by atomic mass is 35.5. The Kier molecular flexibility index (Phi) is 6.81. The van der Waals surface area contributed by atoms with Gasteiger partial charge in [0.2, 0.25) is 5.75 Å². The van der Waals surface area contributed by atoms with Crippen LogP contribution < -0.4 is 15.6 Å². The van der Waals surface area contributed by atoms with E-state index in [1.165, 1.54) is 0 Å². The molecule has 0 atom stereocenters. The summed E-state index contributed by atoms with van der Waals surface area (Å²) in [5, 5.41) is 3.33. The fourth-order valence-corrected chi connectivity index (χ4v) is 4.42. The number of carbonyl (C=O) groups is 2. The lowest BCUT2D eigenvalue weighted by molar-refractivity contribution is 0.0510. The maximum absolute atomic E-state index is 13.4. The van der Waals surface area contributed by atoms with E-state index in [4.69, 9.17) is 9.47 Å². The van der Waals surface area contributed by atoms with Crippen LogP contribution in [-0.2, 0) is 16.8 Å². The summed E-state index contributed by atoms with van der Waals surface area (Å²) in [5.41, 5.74) is -0.994. The SMILES string of the molecule is CCOC(=O)c1nc2n(c(=O)c1OC(=O)c1ccccc1)CC1CCC2(NC)CC1.Cl. The second-order valence-corrected chi connectivity index (χ2v) is 7.78. The van der Waals surface area contributed by atoms with Crippen molar-refractivity contribution in [2.45, 2.75) is 44.7 Å². The van der Waals surface area contributed by atoms with E-state index in [1.807, 2.05) is 7.05 Å². The molecule has 166 valence electrons. The molecule has 1 fully saturated rings. The van der Waals surface area contributed by atoms with Gasteiger partial charge in [0, 0.05) is 6.54 Å². The Morgan fingerprint density at radius 1 is 1.19 bits per heavy atom. The zero-order chi connectivity index (χ0) is 21.3. The molecule has 5 rings (SSSR count). The number of nitrogens with one attached hydrogen (secondary N) is 1. The van der Waals surface area contributed by atoms with Gasteiger partial charge >= 0.3 is 11.9 Å². The number of hydrogen-bond donors (Lipinski definition) is 1. The summed E-state index contributed by atoms with van der Waals surface area (Å²) >= 11 is 0. The Labute approximate surface area is 186 Å². The highest BCUT2D eigenvalue weighted by molar-refractivity contribution is 5.94. The lowest BCUT2D eigenvalue weighted by Crippen LogP contribution is -2.45. The third-order valence-electron chi connectivity index (χ3n) is 6.11. The molecule has 1 aromatic heterocycles. The molecule has 0 unspecified atom stereocenters. The third-order valence-corrected chi connectivity index (χ3v) is 6.11. The number of esters is 2. The molecule has 3 heterocycles. The van der Waals surface area contributed by atoms with Gasteiger partial charge in [-0.05, 0) is 57.7 Å². The predicted molar refractivity (Wildman–Crippen MR) is 116 cm³/mol. The molecule has 8 nitrogen and oxygen atoms in total. The van der Waals surface area contributed by atoms with Crippen molar-refractivity contribution in [3.63, 3.8) is 0 Å². The summed E-state index contributed by atoms with van der Waals surface area (Å²) in [5.74, 6) is -1.02. The molecule has 0 saturated heterocycles. The van der Waals surface area contributed by atoms with Gasteiger partial charge in [0.05, 0.1) is 17.7 Å². The van der Waals surface area contributed by atoms with E-state index in [0.717, 1.165) is 25.7 Å². The third kappa shape index (κ3) is 4.09. The largest absolute Gasteiger partial charge is 0.461 e. The average molecular weight is 448 g/mol. The molecule has 2 bridgehead atoms. The van der Waals surface area contributed by atoms with E-state index in [2.05, 4.69) is 10.3 Å². The van der Waals surface area contributed by atoms with Crippen LogP contribution in [0.2, 0.25) is 0 Å². The van der Waals surface area contributed by atoms with Crippen molar-refractivity contribution < 1.29 is 19.1 Å². The van der Waals surface area contributed by atoms with E-state index in [0.29, 0.717) is 18.3 Å². The molecule has 2 aromatic rings. The smallest absolute Gasteiger partial charge is 0.361 e. The predicted octanol–water partition coefficient (Wildman–Crippen LogP) is 2.68. The minimum atomic E-state index is -0.779. The van der Waals surface area contributed by atoms with Crippen molar-refractivity contribution >= 4 is 24.3 Å². The minimum absolute atomic E-state index is 0. The molecule has 2 aliphatic heterocycles. The van der Waals surface area contributed by atoms with Crippen molar-refractivity contribution in [2.24, 2.45) is 5.92 Å². The zero-order valence-electron chi connectivity index (χ0n) is 17.6. The van der Waals surface area contributed by atoms with Gasteiger partial charge in [-0.15, -0.1) is 12.4 Å². The quantitative estimate of drug-likeness (QED) is 0.703. The van der Waals surface area contributed by atoms with Crippen LogP contribution in [0, 0.1) is 5.92 Å². The van der Waals surface area contributed by atoms with E-state index in [9.17, 15) is 14.4 Å². The molecule has 0 amide bonds. The monoisotopic (exact) mass is 447 g/mol. The maximum Gasteiger partial charge on any atom is 0.361 e. The van der Waals surface area contributed by atoms with Crippen LogP contribution >= 0.6 is 12.4 Å². The number of carbonyl (C=O) groups excluding carboxylic acids is 2. The Balaban J connectivity index is 0.00000272. The van der Waals surface area contributed by atoms with Crippen molar-refractivity contribution in [1.82, 2.24) is 14.9 Å². The van der Waals surface area contributed by atoms with Gasteiger partial charge in [0.25, 0.3) is 5.56 Å². The van der Waals surface area contributed by atoms with Crippen LogP contribution in [0.4, 0.5) is 0 Å². The molecular weight excluding hydrogens is 422 g/mol. The number of fused-ring (bicyclic) bond motifs is 2. The minimum Gasteiger partial charge on any atom is -0.461 e. The number of ether oxygens (including phenoxy) is 2. The van der Waals surface area contributed by atoms with Gasteiger partial charge in [-0.25, -0.2) is 14.6 Å². The first-order chi connectivity index (χ1) is 14.5. The first kappa shape index (κ1) is 23.0. The van der Waals surface area contributed by atoms with Crippen molar-refractivity contribution in [3.8, 4) is 5.75 Å². The summed E-state index contributed by atoms with van der Waals surface area (Å²) in [6.07, 6.45) is 3.56. The van der Waals surface area contributed by atoms with Gasteiger partial charge in [-0.1, -0.05) is 18.2 Å². The maximum atomic E-state index is 13.4. The molecule has 1 N–H and O–H groups in total. The number of rotatable bonds is 5. The average Bonchev–Trinajstić information content (AvgIpc) is 3.03. The number of hydrogen-bond acceptors (Lipinski definition) is 7. The molecule has 0 radical (unpaired) electrons. The second kappa shape index (κ2) is 9.20. The standard InChI is InChI=1S/C22H25N3O5.ClH/c1-3-29-20(28)16-17(30-19(27)15-7-5-4-6-8-15)18(26)25-13-14-9-11-22(23-2,12-10-14)21(25)24-16;/h4-8,14,23H,3,9-13H2,1-2H3;1H. The summed E-state index contributed by atoms with van der Waals surface area (Å²) < 4.78 is 12.1. The summed E-state index contributed by atoms with van der Waals surface area (Å²) in [4.78, 5) is 43.3. The number of halogens is 1. The Bertz CT molecular complexity index is 1030. The molecule has 3 aliphatic rings. The van der Waals surface area contributed by atoms with Crippen LogP contribution in [-0.4, -0.2) is 35.1 Å². The van der Waals surface area contributed by atoms with Crippen LogP contribution in [0.1, 0.15) is 59.3 Å². The summed E-state index contributed by atoms with van der Waals surface area (Å²) in [6.45, 7) is 2.27. The van der Waals surface area contributed by atoms with Crippen LogP contribution in [0.25, 0.3) is 0 Å².